The molecule has 0 saturated carbocycles. The molecular weight excluding hydrogens is 320 g/mol. The fourth-order valence-electron chi connectivity index (χ4n) is 1.51. The van der Waals surface area contributed by atoms with Gasteiger partial charge in [0.05, 0.1) is 11.5 Å². The molecule has 0 aromatic heterocycles. The Morgan fingerprint density at radius 1 is 1.29 bits per heavy atom. The monoisotopic (exact) mass is 336 g/mol. The normalized spacial score (nSPS) is 11.3. The maximum atomic E-state index is 11.2. The van der Waals surface area contributed by atoms with Crippen molar-refractivity contribution in [1.29, 1.82) is 0 Å². The molecule has 1 N–H and O–H groups in total. The average molecular weight is 337 g/mol. The summed E-state index contributed by atoms with van der Waals surface area (Å²) < 4.78 is 33.0. The van der Waals surface area contributed by atoms with Gasteiger partial charge in [-0.15, -0.1) is 0 Å². The van der Waals surface area contributed by atoms with Gasteiger partial charge in [-0.25, -0.2) is 13.2 Å². The van der Waals surface area contributed by atoms with E-state index in [9.17, 15) is 13.2 Å². The van der Waals surface area contributed by atoms with Crippen LogP contribution in [0.2, 0.25) is 0 Å². The van der Waals surface area contributed by atoms with Gasteiger partial charge in [-0.3, -0.25) is 0 Å². The number of unbranched alkanes of at least 4 members (excludes halogenated alkanes) is 1. The molecular formula is C13H17ClO6S. The molecule has 0 saturated heterocycles. The van der Waals surface area contributed by atoms with E-state index in [2.05, 4.69) is 0 Å². The Labute approximate surface area is 128 Å². The van der Waals surface area contributed by atoms with Gasteiger partial charge in [-0.05, 0) is 24.6 Å². The molecule has 0 heterocycles. The van der Waals surface area contributed by atoms with Crippen LogP contribution in [0.3, 0.4) is 0 Å². The smallest absolute Gasteiger partial charge is 0.339 e. The van der Waals surface area contributed by atoms with Crippen LogP contribution in [-0.2, 0) is 13.8 Å². The minimum absolute atomic E-state index is 0.0747. The topological polar surface area (TPSA) is 89.9 Å². The summed E-state index contributed by atoms with van der Waals surface area (Å²) in [4.78, 5) is 10.8. The van der Waals surface area contributed by atoms with E-state index in [4.69, 9.17) is 25.3 Å². The second-order valence-electron chi connectivity index (χ2n) is 4.22. The zero-order valence-electron chi connectivity index (χ0n) is 11.5. The summed E-state index contributed by atoms with van der Waals surface area (Å²) >= 11 is 0. The summed E-state index contributed by atoms with van der Waals surface area (Å²) in [7, 11) is 1.20. The number of ether oxygens (including phenoxy) is 2. The lowest BCUT2D eigenvalue weighted by atomic mass is 10.2. The van der Waals surface area contributed by atoms with E-state index >= 15 is 0 Å². The number of carbonyl (C=O) groups is 1. The zero-order chi connectivity index (χ0) is 15.9. The van der Waals surface area contributed by atoms with Crippen LogP contribution >= 0.6 is 10.7 Å². The van der Waals surface area contributed by atoms with Crippen molar-refractivity contribution in [2.24, 2.45) is 0 Å². The summed E-state index contributed by atoms with van der Waals surface area (Å²) in [6.07, 6.45) is 1.97. The van der Waals surface area contributed by atoms with Gasteiger partial charge in [-0.1, -0.05) is 13.3 Å². The molecule has 0 unspecified atom stereocenters. The highest BCUT2D eigenvalue weighted by atomic mass is 35.7. The van der Waals surface area contributed by atoms with Gasteiger partial charge >= 0.3 is 5.97 Å². The van der Waals surface area contributed by atoms with Crippen LogP contribution in [-0.4, -0.2) is 39.3 Å². The number of hydrogen-bond donors (Lipinski definition) is 1. The lowest BCUT2D eigenvalue weighted by Gasteiger charge is -2.10. The van der Waals surface area contributed by atoms with E-state index in [1.165, 1.54) is 12.1 Å². The zero-order valence-corrected chi connectivity index (χ0v) is 13.1. The summed E-state index contributed by atoms with van der Waals surface area (Å²) in [6, 6.07) is 3.44. The van der Waals surface area contributed by atoms with Gasteiger partial charge in [0.2, 0.25) is 0 Å². The van der Waals surface area contributed by atoms with Crippen LogP contribution in [0.4, 0.5) is 0 Å². The van der Waals surface area contributed by atoms with Gasteiger partial charge in [0, 0.05) is 17.3 Å². The second-order valence-corrected chi connectivity index (χ2v) is 6.78. The standard InChI is InChI=1S/C13H17ClO6S/c1-2-3-6-19-7-8-20-12-5-4-10(21(14,17)18)9-11(12)13(15)16/h4-5,9H,2-3,6-8H2,1H3,(H,15,16). The lowest BCUT2D eigenvalue weighted by Crippen LogP contribution is -2.10. The maximum absolute atomic E-state index is 11.2. The fourth-order valence-corrected chi connectivity index (χ4v) is 2.29. The Morgan fingerprint density at radius 2 is 2.00 bits per heavy atom. The molecule has 21 heavy (non-hydrogen) atoms. The van der Waals surface area contributed by atoms with E-state index in [-0.39, 0.29) is 22.8 Å². The van der Waals surface area contributed by atoms with Gasteiger partial charge in [0.25, 0.3) is 9.05 Å². The molecule has 0 radical (unpaired) electrons. The number of benzene rings is 1. The minimum atomic E-state index is -3.98. The Kier molecular flexibility index (Phi) is 6.94. The molecule has 0 amide bonds. The van der Waals surface area contributed by atoms with Gasteiger partial charge in [0.1, 0.15) is 17.9 Å². The Bertz CT molecular complexity index is 584. The molecule has 0 atom stereocenters. The van der Waals surface area contributed by atoms with Crippen LogP contribution in [0.15, 0.2) is 23.1 Å². The van der Waals surface area contributed by atoms with Crippen molar-refractivity contribution in [1.82, 2.24) is 0 Å². The molecule has 118 valence electrons. The molecule has 1 aromatic carbocycles. The van der Waals surface area contributed by atoms with Crippen molar-refractivity contribution in [3.8, 4) is 5.75 Å². The van der Waals surface area contributed by atoms with Crippen molar-refractivity contribution in [3.05, 3.63) is 23.8 Å². The highest BCUT2D eigenvalue weighted by Crippen LogP contribution is 2.24. The van der Waals surface area contributed by atoms with Crippen molar-refractivity contribution in [3.63, 3.8) is 0 Å². The predicted molar refractivity (Wildman–Crippen MR) is 77.7 cm³/mol. The third-order valence-electron chi connectivity index (χ3n) is 2.59. The molecule has 0 aliphatic carbocycles. The molecule has 1 rings (SSSR count). The summed E-state index contributed by atoms with van der Waals surface area (Å²) in [5, 5.41) is 9.08. The van der Waals surface area contributed by atoms with E-state index in [0.29, 0.717) is 13.2 Å². The molecule has 8 heteroatoms. The summed E-state index contributed by atoms with van der Waals surface area (Å²) in [5.41, 5.74) is -0.259. The van der Waals surface area contributed by atoms with Gasteiger partial charge < -0.3 is 14.6 Å². The highest BCUT2D eigenvalue weighted by Gasteiger charge is 2.17. The van der Waals surface area contributed by atoms with E-state index in [1.54, 1.807) is 0 Å². The molecule has 6 nitrogen and oxygen atoms in total. The average Bonchev–Trinajstić information content (AvgIpc) is 2.41. The van der Waals surface area contributed by atoms with Crippen molar-refractivity contribution in [2.75, 3.05) is 19.8 Å². The van der Waals surface area contributed by atoms with Gasteiger partial charge in [-0.2, -0.15) is 0 Å². The molecule has 0 spiro atoms. The van der Waals surface area contributed by atoms with Crippen molar-refractivity contribution < 1.29 is 27.8 Å². The maximum Gasteiger partial charge on any atom is 0.339 e. The summed E-state index contributed by atoms with van der Waals surface area (Å²) in [5.74, 6) is -1.22. The predicted octanol–water partition coefficient (Wildman–Crippen LogP) is 2.51. The first-order valence-electron chi connectivity index (χ1n) is 6.38. The van der Waals surface area contributed by atoms with Crippen LogP contribution in [0, 0.1) is 0 Å². The van der Waals surface area contributed by atoms with Crippen LogP contribution in [0.1, 0.15) is 30.1 Å². The Hall–Kier alpha value is -1.31. The van der Waals surface area contributed by atoms with Crippen molar-refractivity contribution >= 4 is 25.7 Å². The summed E-state index contributed by atoms with van der Waals surface area (Å²) in [6.45, 7) is 3.17. The van der Waals surface area contributed by atoms with Crippen LogP contribution < -0.4 is 4.74 Å². The van der Waals surface area contributed by atoms with E-state index in [1.807, 2.05) is 6.92 Å². The number of carboxylic acid groups (broad SMARTS) is 1. The number of aromatic carboxylic acids is 1. The Balaban J connectivity index is 2.72. The number of halogens is 1. The quantitative estimate of drug-likeness (QED) is 0.550. The molecule has 0 fully saturated rings. The first-order chi connectivity index (χ1) is 9.86. The minimum Gasteiger partial charge on any atom is -0.490 e. The number of carboxylic acids is 1. The third-order valence-corrected chi connectivity index (χ3v) is 3.94. The highest BCUT2D eigenvalue weighted by molar-refractivity contribution is 8.13. The van der Waals surface area contributed by atoms with E-state index in [0.717, 1.165) is 18.9 Å². The van der Waals surface area contributed by atoms with Crippen molar-refractivity contribution in [2.45, 2.75) is 24.7 Å². The largest absolute Gasteiger partial charge is 0.490 e. The fraction of sp³-hybridized carbons (Fsp3) is 0.462. The van der Waals surface area contributed by atoms with Crippen LogP contribution in [0.25, 0.3) is 0 Å². The van der Waals surface area contributed by atoms with Gasteiger partial charge in [0.15, 0.2) is 0 Å². The van der Waals surface area contributed by atoms with Crippen LogP contribution in [0.5, 0.6) is 5.75 Å². The third kappa shape index (κ3) is 5.91. The first kappa shape index (κ1) is 17.7. The first-order valence-corrected chi connectivity index (χ1v) is 8.69. The molecule has 1 aromatic rings. The molecule has 0 aliphatic heterocycles. The number of rotatable bonds is 9. The lowest BCUT2D eigenvalue weighted by molar-refractivity contribution is 0.0684. The SMILES string of the molecule is CCCCOCCOc1ccc(S(=O)(=O)Cl)cc1C(=O)O. The molecule has 0 bridgehead atoms. The molecule has 0 aliphatic rings. The Morgan fingerprint density at radius 3 is 2.57 bits per heavy atom. The second kappa shape index (κ2) is 8.21. The van der Waals surface area contributed by atoms with E-state index < -0.39 is 15.0 Å². The number of hydrogen-bond acceptors (Lipinski definition) is 5.